The van der Waals surface area contributed by atoms with Crippen LogP contribution in [0.3, 0.4) is 0 Å². The van der Waals surface area contributed by atoms with Crippen LogP contribution in [0, 0.1) is 17.6 Å². The van der Waals surface area contributed by atoms with Gasteiger partial charge in [0.1, 0.15) is 0 Å². The Kier molecular flexibility index (Phi) is 9.39. The Morgan fingerprint density at radius 2 is 1.75 bits per heavy atom. The van der Waals surface area contributed by atoms with Gasteiger partial charge in [0.15, 0.2) is 11.6 Å². The van der Waals surface area contributed by atoms with Crippen molar-refractivity contribution in [2.24, 2.45) is 5.92 Å². The summed E-state index contributed by atoms with van der Waals surface area (Å²) in [5.41, 5.74) is 0.443. The third-order valence-corrected chi connectivity index (χ3v) is 6.58. The van der Waals surface area contributed by atoms with Gasteiger partial charge in [0, 0.05) is 6.16 Å². The maximum atomic E-state index is 14.6. The summed E-state index contributed by atoms with van der Waals surface area (Å²) in [6.07, 6.45) is 9.35. The van der Waals surface area contributed by atoms with Gasteiger partial charge >= 0.3 is 7.60 Å². The van der Waals surface area contributed by atoms with Crippen LogP contribution in [-0.4, -0.2) is 22.6 Å². The van der Waals surface area contributed by atoms with E-state index in [4.69, 9.17) is 14.5 Å². The molecular formula is C21H33F2O4P. The number of unbranched alkanes of at least 4 members (excludes halogenated alkanes) is 3. The monoisotopic (exact) mass is 418 g/mol. The predicted molar refractivity (Wildman–Crippen MR) is 107 cm³/mol. The minimum atomic E-state index is -4.02. The van der Waals surface area contributed by atoms with E-state index in [2.05, 4.69) is 6.92 Å². The molecule has 1 aliphatic carbocycles. The lowest BCUT2D eigenvalue weighted by molar-refractivity contribution is 0.281. The van der Waals surface area contributed by atoms with Crippen LogP contribution >= 0.6 is 7.60 Å². The van der Waals surface area contributed by atoms with Crippen LogP contribution in [0.15, 0.2) is 12.1 Å². The normalized spacial score (nSPS) is 20.3. The van der Waals surface area contributed by atoms with E-state index in [0.29, 0.717) is 17.9 Å². The summed E-state index contributed by atoms with van der Waals surface area (Å²) in [5, 5.41) is 0. The third kappa shape index (κ3) is 7.46. The van der Waals surface area contributed by atoms with Crippen molar-refractivity contribution in [2.75, 3.05) is 12.8 Å². The van der Waals surface area contributed by atoms with Gasteiger partial charge in [-0.2, -0.15) is 4.39 Å². The van der Waals surface area contributed by atoms with E-state index in [9.17, 15) is 13.3 Å². The van der Waals surface area contributed by atoms with E-state index < -0.39 is 19.2 Å². The summed E-state index contributed by atoms with van der Waals surface area (Å²) in [4.78, 5) is 17.6. The SMILES string of the molecule is CCCCCC1CCC(c2ccc(OCCCCP(=O)(O)O)c(F)c2F)CC1. The zero-order valence-corrected chi connectivity index (χ0v) is 17.6. The lowest BCUT2D eigenvalue weighted by Crippen LogP contribution is -2.15. The molecule has 0 saturated heterocycles. The molecule has 0 heterocycles. The average molecular weight is 418 g/mol. The van der Waals surface area contributed by atoms with Gasteiger partial charge in [0.05, 0.1) is 6.61 Å². The Bertz CT molecular complexity index is 654. The quantitative estimate of drug-likeness (QED) is 0.334. The maximum Gasteiger partial charge on any atom is 0.325 e. The van der Waals surface area contributed by atoms with E-state index in [1.54, 1.807) is 6.07 Å². The molecule has 1 saturated carbocycles. The summed E-state index contributed by atoms with van der Waals surface area (Å²) in [7, 11) is -4.02. The molecule has 0 atom stereocenters. The zero-order chi connectivity index (χ0) is 20.6. The van der Waals surface area contributed by atoms with Gasteiger partial charge in [0.25, 0.3) is 0 Å². The largest absolute Gasteiger partial charge is 0.490 e. The number of hydrogen-bond donors (Lipinski definition) is 2. The van der Waals surface area contributed by atoms with Crippen LogP contribution in [0.4, 0.5) is 8.78 Å². The van der Waals surface area contributed by atoms with Crippen LogP contribution in [0.5, 0.6) is 5.75 Å². The van der Waals surface area contributed by atoms with E-state index in [-0.39, 0.29) is 30.9 Å². The fourth-order valence-corrected chi connectivity index (χ4v) is 4.66. The Balaban J connectivity index is 1.84. The number of rotatable bonds is 11. The molecule has 1 aliphatic rings. The molecule has 2 N–H and O–H groups in total. The standard InChI is InChI=1S/C21H33F2O4P/c1-2-3-4-7-16-8-10-17(11-9-16)18-12-13-19(21(23)20(18)22)27-14-5-6-15-28(24,25)26/h12-13,16-17H,2-11,14-15H2,1H3,(H2,24,25,26). The highest BCUT2D eigenvalue weighted by atomic mass is 31.2. The second-order valence-electron chi connectivity index (χ2n) is 7.94. The minimum absolute atomic E-state index is 0.0641. The fourth-order valence-electron chi connectivity index (χ4n) is 4.02. The van der Waals surface area contributed by atoms with Gasteiger partial charge in [-0.3, -0.25) is 4.57 Å². The van der Waals surface area contributed by atoms with Gasteiger partial charge in [-0.15, -0.1) is 0 Å². The molecule has 1 fully saturated rings. The van der Waals surface area contributed by atoms with Crippen molar-refractivity contribution < 1.29 is 27.9 Å². The van der Waals surface area contributed by atoms with Gasteiger partial charge < -0.3 is 14.5 Å². The zero-order valence-electron chi connectivity index (χ0n) is 16.7. The Morgan fingerprint density at radius 3 is 2.39 bits per heavy atom. The second-order valence-corrected chi connectivity index (χ2v) is 9.71. The molecule has 0 aromatic heterocycles. The van der Waals surface area contributed by atoms with Crippen LogP contribution in [0.25, 0.3) is 0 Å². The first-order chi connectivity index (χ1) is 13.3. The molecule has 28 heavy (non-hydrogen) atoms. The summed E-state index contributed by atoms with van der Waals surface area (Å²) in [6.45, 7) is 2.29. The van der Waals surface area contributed by atoms with E-state index in [1.807, 2.05) is 0 Å². The second kappa shape index (κ2) is 11.3. The molecule has 160 valence electrons. The molecule has 1 aromatic carbocycles. The maximum absolute atomic E-state index is 14.6. The van der Waals surface area contributed by atoms with E-state index in [1.165, 1.54) is 31.7 Å². The summed E-state index contributed by atoms with van der Waals surface area (Å²) in [5.74, 6) is -1.13. The highest BCUT2D eigenvalue weighted by Crippen LogP contribution is 2.40. The van der Waals surface area contributed by atoms with Gasteiger partial charge in [-0.05, 0) is 62.0 Å². The van der Waals surface area contributed by atoms with Crippen molar-refractivity contribution >= 4 is 7.60 Å². The molecule has 1 aromatic rings. The number of ether oxygens (including phenoxy) is 1. The molecule has 0 unspecified atom stereocenters. The summed E-state index contributed by atoms with van der Waals surface area (Å²) >= 11 is 0. The van der Waals surface area contributed by atoms with Crippen molar-refractivity contribution in [3.05, 3.63) is 29.3 Å². The first-order valence-electron chi connectivity index (χ1n) is 10.5. The van der Waals surface area contributed by atoms with Crippen molar-refractivity contribution in [3.63, 3.8) is 0 Å². The molecule has 0 radical (unpaired) electrons. The highest BCUT2D eigenvalue weighted by molar-refractivity contribution is 7.51. The molecule has 7 heteroatoms. The van der Waals surface area contributed by atoms with Gasteiger partial charge in [-0.1, -0.05) is 38.7 Å². The van der Waals surface area contributed by atoms with Crippen molar-refractivity contribution in [3.8, 4) is 5.75 Å². The molecule has 0 bridgehead atoms. The predicted octanol–water partition coefficient (Wildman–Crippen LogP) is 6.16. The fraction of sp³-hybridized carbons (Fsp3) is 0.714. The molecule has 2 rings (SSSR count). The Morgan fingerprint density at radius 1 is 1.04 bits per heavy atom. The Hall–Kier alpha value is -0.970. The number of benzene rings is 1. The average Bonchev–Trinajstić information content (AvgIpc) is 2.65. The summed E-state index contributed by atoms with van der Waals surface area (Å²) in [6, 6.07) is 3.11. The van der Waals surface area contributed by atoms with Gasteiger partial charge in [0.2, 0.25) is 5.82 Å². The molecule has 0 aliphatic heterocycles. The van der Waals surface area contributed by atoms with E-state index in [0.717, 1.165) is 25.7 Å². The molecule has 4 nitrogen and oxygen atoms in total. The van der Waals surface area contributed by atoms with Crippen LogP contribution in [0.1, 0.15) is 82.6 Å². The van der Waals surface area contributed by atoms with Crippen molar-refractivity contribution in [2.45, 2.75) is 77.0 Å². The Labute approximate surface area is 166 Å². The van der Waals surface area contributed by atoms with Crippen molar-refractivity contribution in [1.29, 1.82) is 0 Å². The number of halogens is 2. The smallest absolute Gasteiger partial charge is 0.325 e. The molecule has 0 spiro atoms. The molecule has 0 amide bonds. The first kappa shape index (κ1) is 23.3. The first-order valence-corrected chi connectivity index (χ1v) is 12.3. The van der Waals surface area contributed by atoms with Crippen LogP contribution in [0.2, 0.25) is 0 Å². The lowest BCUT2D eigenvalue weighted by atomic mass is 9.77. The van der Waals surface area contributed by atoms with Crippen molar-refractivity contribution in [1.82, 2.24) is 0 Å². The molecular weight excluding hydrogens is 385 g/mol. The lowest BCUT2D eigenvalue weighted by Gasteiger charge is -2.29. The number of hydrogen-bond acceptors (Lipinski definition) is 2. The van der Waals surface area contributed by atoms with E-state index >= 15 is 0 Å². The topological polar surface area (TPSA) is 66.8 Å². The highest BCUT2D eigenvalue weighted by Gasteiger charge is 2.26. The van der Waals surface area contributed by atoms with Crippen LogP contribution < -0.4 is 4.74 Å². The third-order valence-electron chi connectivity index (χ3n) is 5.68. The van der Waals surface area contributed by atoms with Gasteiger partial charge in [-0.25, -0.2) is 4.39 Å². The summed E-state index contributed by atoms with van der Waals surface area (Å²) < 4.78 is 45.0. The van der Waals surface area contributed by atoms with Crippen LogP contribution in [-0.2, 0) is 4.57 Å². The minimum Gasteiger partial charge on any atom is -0.490 e.